The molecule has 1 rings (SSSR count). The molecule has 0 unspecified atom stereocenters. The van der Waals surface area contributed by atoms with Crippen LogP contribution in [0.25, 0.3) is 0 Å². The van der Waals surface area contributed by atoms with Gasteiger partial charge in [0.05, 0.1) is 7.11 Å². The van der Waals surface area contributed by atoms with Crippen molar-refractivity contribution in [1.29, 1.82) is 0 Å². The van der Waals surface area contributed by atoms with E-state index in [2.05, 4.69) is 5.32 Å². The van der Waals surface area contributed by atoms with Gasteiger partial charge in [0.25, 0.3) is 5.91 Å². The van der Waals surface area contributed by atoms with Crippen LogP contribution in [0.1, 0.15) is 12.8 Å². The minimum absolute atomic E-state index is 0.0714. The maximum absolute atomic E-state index is 11.3. The van der Waals surface area contributed by atoms with E-state index < -0.39 is 6.04 Å². The molecule has 2 amide bonds. The maximum atomic E-state index is 11.3. The minimum atomic E-state index is -0.401. The van der Waals surface area contributed by atoms with Crippen LogP contribution in [0.3, 0.4) is 0 Å². The van der Waals surface area contributed by atoms with Gasteiger partial charge < -0.3 is 5.32 Å². The average Bonchev–Trinajstić information content (AvgIpc) is 2.49. The Bertz CT molecular complexity index is 205. The summed E-state index contributed by atoms with van der Waals surface area (Å²) in [4.78, 5) is 26.7. The van der Waals surface area contributed by atoms with Gasteiger partial charge in [0.1, 0.15) is 6.04 Å². The van der Waals surface area contributed by atoms with E-state index in [4.69, 9.17) is 4.84 Å². The van der Waals surface area contributed by atoms with Crippen LogP contribution in [0, 0.1) is 0 Å². The first-order chi connectivity index (χ1) is 5.65. The molecule has 1 N–H and O–H groups in total. The normalized spacial score (nSPS) is 22.2. The molecule has 1 aliphatic heterocycles. The summed E-state index contributed by atoms with van der Waals surface area (Å²) in [5.41, 5.74) is 0. The summed E-state index contributed by atoms with van der Waals surface area (Å²) in [5.74, 6) is -0.277. The lowest BCUT2D eigenvalue weighted by molar-refractivity contribution is -0.170. The second kappa shape index (κ2) is 3.53. The summed E-state index contributed by atoms with van der Waals surface area (Å²) >= 11 is 0. The first-order valence-electron chi connectivity index (χ1n) is 3.76. The molecule has 5 heteroatoms. The van der Waals surface area contributed by atoms with Crippen LogP contribution in [-0.2, 0) is 14.4 Å². The van der Waals surface area contributed by atoms with Crippen molar-refractivity contribution < 1.29 is 14.4 Å². The van der Waals surface area contributed by atoms with Crippen LogP contribution in [0.4, 0.5) is 0 Å². The Hall–Kier alpha value is -1.10. The van der Waals surface area contributed by atoms with E-state index in [9.17, 15) is 9.59 Å². The van der Waals surface area contributed by atoms with Crippen LogP contribution >= 0.6 is 0 Å². The van der Waals surface area contributed by atoms with Gasteiger partial charge in [-0.25, -0.2) is 5.06 Å². The second-order valence-electron chi connectivity index (χ2n) is 2.68. The zero-order chi connectivity index (χ0) is 9.14. The quantitative estimate of drug-likeness (QED) is 0.559. The summed E-state index contributed by atoms with van der Waals surface area (Å²) in [7, 11) is 2.93. The number of likely N-dealkylation sites (N-methyl/N-ethyl adjacent to an activating group) is 1. The standard InChI is InChI=1S/C7H12N2O3/c1-9(12-2)7(11)5-3-4-6(10)8-5/h5H,3-4H2,1-2H3,(H,8,10)/t5-/m0/s1. The van der Waals surface area contributed by atoms with E-state index in [1.165, 1.54) is 14.2 Å². The summed E-state index contributed by atoms with van der Waals surface area (Å²) in [6.45, 7) is 0. The molecule has 1 fully saturated rings. The smallest absolute Gasteiger partial charge is 0.268 e. The predicted molar refractivity (Wildman–Crippen MR) is 40.9 cm³/mol. The molecule has 5 nitrogen and oxygen atoms in total. The lowest BCUT2D eigenvalue weighted by Gasteiger charge is -2.17. The number of hydrogen-bond acceptors (Lipinski definition) is 3. The maximum Gasteiger partial charge on any atom is 0.268 e. The van der Waals surface area contributed by atoms with Gasteiger partial charge in [-0.1, -0.05) is 0 Å². The fourth-order valence-electron chi connectivity index (χ4n) is 1.11. The SMILES string of the molecule is CON(C)C(=O)[C@@H]1CCC(=O)N1. The number of carbonyl (C=O) groups excluding carboxylic acids is 2. The second-order valence-corrected chi connectivity index (χ2v) is 2.68. The molecule has 1 heterocycles. The van der Waals surface area contributed by atoms with Crippen LogP contribution in [0.5, 0.6) is 0 Å². The zero-order valence-corrected chi connectivity index (χ0v) is 7.16. The summed E-state index contributed by atoms with van der Waals surface area (Å²) < 4.78 is 0. The molecule has 1 aliphatic rings. The van der Waals surface area contributed by atoms with Crippen LogP contribution in [0.15, 0.2) is 0 Å². The Morgan fingerprint density at radius 2 is 2.42 bits per heavy atom. The molecule has 0 aromatic rings. The van der Waals surface area contributed by atoms with E-state index in [0.29, 0.717) is 12.8 Å². The summed E-state index contributed by atoms with van der Waals surface area (Å²) in [5, 5.41) is 3.68. The summed E-state index contributed by atoms with van der Waals surface area (Å²) in [6, 6.07) is -0.401. The fourth-order valence-corrected chi connectivity index (χ4v) is 1.11. The molecule has 0 aromatic heterocycles. The van der Waals surface area contributed by atoms with Gasteiger partial charge in [0.15, 0.2) is 0 Å². The van der Waals surface area contributed by atoms with Gasteiger partial charge in [-0.05, 0) is 6.42 Å². The molecule has 0 aliphatic carbocycles. The van der Waals surface area contributed by atoms with Crippen LogP contribution in [-0.4, -0.2) is 37.1 Å². The Balaban J connectivity index is 2.48. The number of rotatable bonds is 2. The first kappa shape index (κ1) is 8.99. The third-order valence-electron chi connectivity index (χ3n) is 1.88. The van der Waals surface area contributed by atoms with Crippen molar-refractivity contribution in [3.05, 3.63) is 0 Å². The van der Waals surface area contributed by atoms with Crippen molar-refractivity contribution in [1.82, 2.24) is 10.4 Å². The van der Waals surface area contributed by atoms with Gasteiger partial charge >= 0.3 is 0 Å². The van der Waals surface area contributed by atoms with Crippen LogP contribution in [0.2, 0.25) is 0 Å². The monoisotopic (exact) mass is 172 g/mol. The van der Waals surface area contributed by atoms with E-state index in [-0.39, 0.29) is 11.8 Å². The Morgan fingerprint density at radius 3 is 2.83 bits per heavy atom. The molecular formula is C7H12N2O3. The zero-order valence-electron chi connectivity index (χ0n) is 7.16. The molecule has 0 radical (unpaired) electrons. The van der Waals surface area contributed by atoms with Gasteiger partial charge in [-0.2, -0.15) is 0 Å². The molecular weight excluding hydrogens is 160 g/mol. The number of hydrogen-bond donors (Lipinski definition) is 1. The van der Waals surface area contributed by atoms with Crippen molar-refractivity contribution in [3.63, 3.8) is 0 Å². The lowest BCUT2D eigenvalue weighted by Crippen LogP contribution is -2.42. The van der Waals surface area contributed by atoms with Crippen molar-refractivity contribution in [2.45, 2.75) is 18.9 Å². The number of nitrogens with zero attached hydrogens (tertiary/aromatic N) is 1. The number of carbonyl (C=O) groups is 2. The van der Waals surface area contributed by atoms with Gasteiger partial charge in [0.2, 0.25) is 5.91 Å². The van der Waals surface area contributed by atoms with Gasteiger partial charge in [-0.15, -0.1) is 0 Å². The fraction of sp³-hybridized carbons (Fsp3) is 0.714. The van der Waals surface area contributed by atoms with E-state index >= 15 is 0 Å². The molecule has 0 spiro atoms. The van der Waals surface area contributed by atoms with Gasteiger partial charge in [0, 0.05) is 13.5 Å². The predicted octanol–water partition coefficient (Wildman–Crippen LogP) is -0.715. The molecule has 0 bridgehead atoms. The van der Waals surface area contributed by atoms with Gasteiger partial charge in [-0.3, -0.25) is 14.4 Å². The number of hydroxylamine groups is 2. The highest BCUT2D eigenvalue weighted by atomic mass is 16.7. The molecule has 1 saturated heterocycles. The van der Waals surface area contributed by atoms with Crippen molar-refractivity contribution in [2.75, 3.05) is 14.2 Å². The van der Waals surface area contributed by atoms with E-state index in [1.54, 1.807) is 0 Å². The van der Waals surface area contributed by atoms with Crippen molar-refractivity contribution in [3.8, 4) is 0 Å². The molecule has 12 heavy (non-hydrogen) atoms. The topological polar surface area (TPSA) is 58.6 Å². The van der Waals surface area contributed by atoms with Crippen molar-refractivity contribution in [2.24, 2.45) is 0 Å². The first-order valence-corrected chi connectivity index (χ1v) is 3.76. The van der Waals surface area contributed by atoms with Crippen LogP contribution < -0.4 is 5.32 Å². The largest absolute Gasteiger partial charge is 0.344 e. The average molecular weight is 172 g/mol. The van der Waals surface area contributed by atoms with E-state index in [0.717, 1.165) is 5.06 Å². The number of nitrogens with one attached hydrogen (secondary N) is 1. The Morgan fingerprint density at radius 1 is 1.75 bits per heavy atom. The molecule has 1 atom stereocenters. The molecule has 0 saturated carbocycles. The molecule has 0 aromatic carbocycles. The Labute approximate surface area is 70.6 Å². The third kappa shape index (κ3) is 1.73. The summed E-state index contributed by atoms with van der Waals surface area (Å²) in [6.07, 6.45) is 0.985. The third-order valence-corrected chi connectivity index (χ3v) is 1.88. The lowest BCUT2D eigenvalue weighted by atomic mass is 10.2. The highest BCUT2D eigenvalue weighted by Crippen LogP contribution is 2.08. The van der Waals surface area contributed by atoms with E-state index in [1.807, 2.05) is 0 Å². The highest BCUT2D eigenvalue weighted by Gasteiger charge is 2.29. The Kier molecular flexibility index (Phi) is 2.65. The number of amides is 2. The highest BCUT2D eigenvalue weighted by molar-refractivity contribution is 5.90. The molecule has 68 valence electrons. The minimum Gasteiger partial charge on any atom is -0.344 e. The van der Waals surface area contributed by atoms with Crippen molar-refractivity contribution >= 4 is 11.8 Å².